The summed E-state index contributed by atoms with van der Waals surface area (Å²) in [6, 6.07) is 9.57. The van der Waals surface area contributed by atoms with Gasteiger partial charge in [0.15, 0.2) is 0 Å². The highest BCUT2D eigenvalue weighted by Crippen LogP contribution is 2.34. The molecule has 5 heteroatoms. The van der Waals surface area contributed by atoms with E-state index in [1.54, 1.807) is 18.2 Å². The second kappa shape index (κ2) is 7.12. The van der Waals surface area contributed by atoms with E-state index in [1.165, 1.54) is 19.2 Å². The molecule has 134 valence electrons. The first-order chi connectivity index (χ1) is 12.4. The van der Waals surface area contributed by atoms with E-state index in [0.717, 1.165) is 11.3 Å². The van der Waals surface area contributed by atoms with Gasteiger partial charge in [0.25, 0.3) is 0 Å². The van der Waals surface area contributed by atoms with E-state index < -0.39 is 5.97 Å². The molecular formula is C21H20FNO3. The number of aromatic nitrogens is 1. The number of esters is 1. The fraction of sp³-hybridized carbons (Fsp3) is 0.238. The normalized spacial score (nSPS) is 19.0. The van der Waals surface area contributed by atoms with Gasteiger partial charge in [-0.25, -0.2) is 14.2 Å². The molecule has 26 heavy (non-hydrogen) atoms. The number of carbonyl (C=O) groups is 1. The zero-order valence-corrected chi connectivity index (χ0v) is 15.0. The van der Waals surface area contributed by atoms with Crippen LogP contribution in [0.5, 0.6) is 5.75 Å². The highest BCUT2D eigenvalue weighted by molar-refractivity contribution is 5.87. The molecular weight excluding hydrogens is 333 g/mol. The zero-order chi connectivity index (χ0) is 18.7. The minimum Gasteiger partial charge on any atom is -0.464 e. The molecule has 0 bridgehead atoms. The average Bonchev–Trinajstić information content (AvgIpc) is 2.64. The van der Waals surface area contributed by atoms with Crippen LogP contribution >= 0.6 is 0 Å². The van der Waals surface area contributed by atoms with Gasteiger partial charge in [-0.1, -0.05) is 13.0 Å². The van der Waals surface area contributed by atoms with Crippen LogP contribution in [0.15, 0.2) is 60.4 Å². The first kappa shape index (κ1) is 17.9. The molecule has 1 unspecified atom stereocenters. The van der Waals surface area contributed by atoms with Crippen LogP contribution < -0.4 is 4.74 Å². The number of nitrogens with zero attached hydrogens (tertiary/aromatic N) is 1. The first-order valence-electron chi connectivity index (χ1n) is 8.30. The minimum atomic E-state index is -0.450. The number of carbonyl (C=O) groups excluding carboxylic acids is 1. The molecule has 2 aromatic rings. The largest absolute Gasteiger partial charge is 0.464 e. The van der Waals surface area contributed by atoms with Crippen molar-refractivity contribution >= 4 is 5.97 Å². The van der Waals surface area contributed by atoms with E-state index in [9.17, 15) is 9.18 Å². The fourth-order valence-corrected chi connectivity index (χ4v) is 2.79. The molecule has 1 heterocycles. The van der Waals surface area contributed by atoms with Gasteiger partial charge in [0.1, 0.15) is 23.0 Å². The van der Waals surface area contributed by atoms with Gasteiger partial charge in [0, 0.05) is 5.41 Å². The summed E-state index contributed by atoms with van der Waals surface area (Å²) in [6.45, 7) is 3.98. The van der Waals surface area contributed by atoms with E-state index in [4.69, 9.17) is 9.47 Å². The molecule has 0 fully saturated rings. The van der Waals surface area contributed by atoms with Gasteiger partial charge in [0.2, 0.25) is 0 Å². The standard InChI is InChI=1S/C21H20FNO3/c1-14-12-18(20(24)25-3)23-19(13-14)21(2)10-8-17(9-11-21)26-16-6-4-15(22)5-7-16/h4-10,12-13H,11H2,1-3H3. The monoisotopic (exact) mass is 353 g/mol. The molecule has 0 saturated heterocycles. The molecule has 1 aromatic heterocycles. The van der Waals surface area contributed by atoms with Gasteiger partial charge < -0.3 is 9.47 Å². The SMILES string of the molecule is COC(=O)c1cc(C)cc(C2(C)C=CC(Oc3ccc(F)cc3)=CC2)n1. The van der Waals surface area contributed by atoms with Crippen LogP contribution in [0.25, 0.3) is 0 Å². The number of halogens is 1. The van der Waals surface area contributed by atoms with Crippen molar-refractivity contribution in [2.75, 3.05) is 7.11 Å². The van der Waals surface area contributed by atoms with Crippen molar-refractivity contribution in [1.82, 2.24) is 4.98 Å². The minimum absolute atomic E-state index is 0.300. The quantitative estimate of drug-likeness (QED) is 0.760. The van der Waals surface area contributed by atoms with Crippen molar-refractivity contribution < 1.29 is 18.7 Å². The van der Waals surface area contributed by atoms with Crippen molar-refractivity contribution in [3.63, 3.8) is 0 Å². The van der Waals surface area contributed by atoms with Crippen LogP contribution in [0.3, 0.4) is 0 Å². The Labute approximate surface area is 152 Å². The van der Waals surface area contributed by atoms with E-state index >= 15 is 0 Å². The lowest BCUT2D eigenvalue weighted by molar-refractivity contribution is 0.0593. The molecule has 1 atom stereocenters. The van der Waals surface area contributed by atoms with E-state index in [0.29, 0.717) is 23.6 Å². The third-order valence-electron chi connectivity index (χ3n) is 4.34. The molecule has 0 amide bonds. The van der Waals surface area contributed by atoms with E-state index in [2.05, 4.69) is 11.9 Å². The Balaban J connectivity index is 1.80. The highest BCUT2D eigenvalue weighted by Gasteiger charge is 2.28. The Morgan fingerprint density at radius 2 is 1.96 bits per heavy atom. The number of rotatable bonds is 4. The number of hydrogen-bond acceptors (Lipinski definition) is 4. The molecule has 1 aliphatic rings. The number of benzene rings is 1. The summed E-state index contributed by atoms with van der Waals surface area (Å²) in [6.07, 6.45) is 6.51. The van der Waals surface area contributed by atoms with Crippen LogP contribution in [0.4, 0.5) is 4.39 Å². The number of pyridine rings is 1. The maximum absolute atomic E-state index is 13.0. The van der Waals surface area contributed by atoms with Crippen LogP contribution in [0, 0.1) is 12.7 Å². The number of ether oxygens (including phenoxy) is 2. The second-order valence-electron chi connectivity index (χ2n) is 6.52. The Morgan fingerprint density at radius 1 is 1.23 bits per heavy atom. The summed E-state index contributed by atoms with van der Waals surface area (Å²) >= 11 is 0. The van der Waals surface area contributed by atoms with Crippen molar-refractivity contribution in [3.8, 4) is 5.75 Å². The number of methoxy groups -OCH3 is 1. The number of aryl methyl sites for hydroxylation is 1. The third kappa shape index (κ3) is 3.82. The molecule has 3 rings (SSSR count). The summed E-state index contributed by atoms with van der Waals surface area (Å²) in [5, 5.41) is 0. The maximum Gasteiger partial charge on any atom is 0.356 e. The van der Waals surface area contributed by atoms with Crippen molar-refractivity contribution in [2.45, 2.75) is 25.7 Å². The molecule has 1 aromatic carbocycles. The van der Waals surface area contributed by atoms with Crippen LogP contribution in [-0.4, -0.2) is 18.1 Å². The Kier molecular flexibility index (Phi) is 4.89. The summed E-state index contributed by atoms with van der Waals surface area (Å²) in [5.74, 6) is 0.515. The maximum atomic E-state index is 13.0. The van der Waals surface area contributed by atoms with E-state index in [-0.39, 0.29) is 11.2 Å². The van der Waals surface area contributed by atoms with Gasteiger partial charge in [-0.2, -0.15) is 0 Å². The molecule has 0 spiro atoms. The molecule has 4 nitrogen and oxygen atoms in total. The predicted molar refractivity (Wildman–Crippen MR) is 96.5 cm³/mol. The summed E-state index contributed by atoms with van der Waals surface area (Å²) in [4.78, 5) is 16.3. The Bertz CT molecular complexity index is 887. The van der Waals surface area contributed by atoms with Crippen LogP contribution in [0.2, 0.25) is 0 Å². The molecule has 0 N–H and O–H groups in total. The van der Waals surface area contributed by atoms with Crippen molar-refractivity contribution in [3.05, 3.63) is 83.2 Å². The predicted octanol–water partition coefficient (Wildman–Crippen LogP) is 4.50. The van der Waals surface area contributed by atoms with Crippen LogP contribution in [-0.2, 0) is 10.2 Å². The lowest BCUT2D eigenvalue weighted by Gasteiger charge is -2.28. The molecule has 0 aliphatic heterocycles. The number of hydrogen-bond donors (Lipinski definition) is 0. The van der Waals surface area contributed by atoms with Gasteiger partial charge in [-0.15, -0.1) is 0 Å². The first-order valence-corrected chi connectivity index (χ1v) is 8.30. The van der Waals surface area contributed by atoms with Crippen molar-refractivity contribution in [1.29, 1.82) is 0 Å². The molecule has 0 radical (unpaired) electrons. The topological polar surface area (TPSA) is 48.4 Å². The smallest absolute Gasteiger partial charge is 0.356 e. The summed E-state index contributed by atoms with van der Waals surface area (Å²) in [7, 11) is 1.34. The van der Waals surface area contributed by atoms with Crippen LogP contribution in [0.1, 0.15) is 35.1 Å². The van der Waals surface area contributed by atoms with Gasteiger partial charge >= 0.3 is 5.97 Å². The van der Waals surface area contributed by atoms with Crippen molar-refractivity contribution in [2.24, 2.45) is 0 Å². The van der Waals surface area contributed by atoms with Gasteiger partial charge in [0.05, 0.1) is 12.8 Å². The highest BCUT2D eigenvalue weighted by atomic mass is 19.1. The molecule has 1 aliphatic carbocycles. The second-order valence-corrected chi connectivity index (χ2v) is 6.52. The third-order valence-corrected chi connectivity index (χ3v) is 4.34. The fourth-order valence-electron chi connectivity index (χ4n) is 2.79. The molecule has 0 saturated carbocycles. The summed E-state index contributed by atoms with van der Waals surface area (Å²) < 4.78 is 23.5. The lowest BCUT2D eigenvalue weighted by Crippen LogP contribution is -2.24. The Hall–Kier alpha value is -2.95. The summed E-state index contributed by atoms with van der Waals surface area (Å²) in [5.41, 5.74) is 1.69. The average molecular weight is 353 g/mol. The number of allylic oxidation sites excluding steroid dienone is 3. The Morgan fingerprint density at radius 3 is 2.58 bits per heavy atom. The zero-order valence-electron chi connectivity index (χ0n) is 15.0. The van der Waals surface area contributed by atoms with Gasteiger partial charge in [-0.05, 0) is 67.5 Å². The van der Waals surface area contributed by atoms with E-state index in [1.807, 2.05) is 31.2 Å². The lowest BCUT2D eigenvalue weighted by atomic mass is 9.79. The van der Waals surface area contributed by atoms with Gasteiger partial charge in [-0.3, -0.25) is 0 Å².